The van der Waals surface area contributed by atoms with Crippen LogP contribution in [0.25, 0.3) is 10.9 Å². The van der Waals surface area contributed by atoms with E-state index < -0.39 is 0 Å². The molecule has 5 heteroatoms. The molecule has 0 bridgehead atoms. The Balaban J connectivity index is 1.69. The molecule has 2 aromatic carbocycles. The SMILES string of the molecule is CN=C(NCc1cccc2cccnc12)NC(C)c1ccc(C)c(F)c1. The predicted molar refractivity (Wildman–Crippen MR) is 105 cm³/mol. The van der Waals surface area contributed by atoms with Crippen molar-refractivity contribution < 1.29 is 4.39 Å². The lowest BCUT2D eigenvalue weighted by atomic mass is 10.1. The highest BCUT2D eigenvalue weighted by atomic mass is 19.1. The molecular weight excluding hydrogens is 327 g/mol. The fraction of sp³-hybridized carbons (Fsp3) is 0.238. The van der Waals surface area contributed by atoms with E-state index in [-0.39, 0.29) is 11.9 Å². The van der Waals surface area contributed by atoms with Crippen molar-refractivity contribution in [1.29, 1.82) is 0 Å². The number of aryl methyl sites for hydroxylation is 1. The van der Waals surface area contributed by atoms with Gasteiger partial charge in [-0.3, -0.25) is 9.98 Å². The summed E-state index contributed by atoms with van der Waals surface area (Å²) >= 11 is 0. The van der Waals surface area contributed by atoms with Crippen molar-refractivity contribution >= 4 is 16.9 Å². The van der Waals surface area contributed by atoms with Crippen LogP contribution in [0.3, 0.4) is 0 Å². The summed E-state index contributed by atoms with van der Waals surface area (Å²) in [7, 11) is 1.72. The fourth-order valence-electron chi connectivity index (χ4n) is 2.85. The van der Waals surface area contributed by atoms with Gasteiger partial charge in [0.1, 0.15) is 5.82 Å². The van der Waals surface area contributed by atoms with Crippen molar-refractivity contribution in [3.63, 3.8) is 0 Å². The summed E-state index contributed by atoms with van der Waals surface area (Å²) in [5.74, 6) is 0.465. The number of nitrogens with one attached hydrogen (secondary N) is 2. The third-order valence-corrected chi connectivity index (χ3v) is 4.44. The van der Waals surface area contributed by atoms with E-state index in [1.807, 2.05) is 43.3 Å². The lowest BCUT2D eigenvalue weighted by Crippen LogP contribution is -2.38. The third kappa shape index (κ3) is 3.99. The first-order valence-corrected chi connectivity index (χ1v) is 8.64. The molecule has 0 aliphatic heterocycles. The lowest BCUT2D eigenvalue weighted by molar-refractivity contribution is 0.607. The average Bonchev–Trinajstić information content (AvgIpc) is 2.67. The number of nitrogens with zero attached hydrogens (tertiary/aromatic N) is 2. The number of aromatic nitrogens is 1. The van der Waals surface area contributed by atoms with Gasteiger partial charge in [0.2, 0.25) is 0 Å². The molecule has 2 N–H and O–H groups in total. The Morgan fingerprint density at radius 2 is 2.00 bits per heavy atom. The van der Waals surface area contributed by atoms with Gasteiger partial charge in [-0.05, 0) is 42.7 Å². The number of fused-ring (bicyclic) bond motifs is 1. The molecule has 0 saturated carbocycles. The summed E-state index contributed by atoms with van der Waals surface area (Å²) in [4.78, 5) is 8.74. The monoisotopic (exact) mass is 350 g/mol. The fourth-order valence-corrected chi connectivity index (χ4v) is 2.85. The van der Waals surface area contributed by atoms with Gasteiger partial charge < -0.3 is 10.6 Å². The van der Waals surface area contributed by atoms with E-state index in [9.17, 15) is 4.39 Å². The Hall–Kier alpha value is -2.95. The summed E-state index contributed by atoms with van der Waals surface area (Å²) in [6, 6.07) is 15.3. The maximum Gasteiger partial charge on any atom is 0.191 e. The van der Waals surface area contributed by atoms with Crippen LogP contribution in [-0.2, 0) is 6.54 Å². The first kappa shape index (κ1) is 17.9. The highest BCUT2D eigenvalue weighted by Gasteiger charge is 2.10. The Bertz CT molecular complexity index is 931. The molecule has 1 heterocycles. The predicted octanol–water partition coefficient (Wildman–Crippen LogP) is 4.11. The van der Waals surface area contributed by atoms with Gasteiger partial charge in [-0.1, -0.05) is 36.4 Å². The van der Waals surface area contributed by atoms with Crippen molar-refractivity contribution in [3.8, 4) is 0 Å². The Kier molecular flexibility index (Phi) is 5.46. The molecule has 26 heavy (non-hydrogen) atoms. The molecular formula is C21H23FN4. The second-order valence-corrected chi connectivity index (χ2v) is 6.29. The quantitative estimate of drug-likeness (QED) is 0.550. The Morgan fingerprint density at radius 3 is 2.77 bits per heavy atom. The van der Waals surface area contributed by atoms with Crippen molar-refractivity contribution in [2.45, 2.75) is 26.4 Å². The minimum Gasteiger partial charge on any atom is -0.352 e. The number of hydrogen-bond donors (Lipinski definition) is 2. The molecule has 0 saturated heterocycles. The van der Waals surface area contributed by atoms with E-state index in [0.717, 1.165) is 22.0 Å². The minimum atomic E-state index is -0.194. The number of rotatable bonds is 4. The van der Waals surface area contributed by atoms with Gasteiger partial charge in [0.15, 0.2) is 5.96 Å². The molecule has 0 amide bonds. The molecule has 1 unspecified atom stereocenters. The second kappa shape index (κ2) is 7.95. The minimum absolute atomic E-state index is 0.0676. The topological polar surface area (TPSA) is 49.3 Å². The van der Waals surface area contributed by atoms with Gasteiger partial charge in [0.25, 0.3) is 0 Å². The molecule has 0 spiro atoms. The number of hydrogen-bond acceptors (Lipinski definition) is 2. The molecule has 3 aromatic rings. The molecule has 134 valence electrons. The van der Waals surface area contributed by atoms with Gasteiger partial charge in [-0.15, -0.1) is 0 Å². The number of pyridine rings is 1. The molecule has 0 aliphatic rings. The lowest BCUT2D eigenvalue weighted by Gasteiger charge is -2.19. The van der Waals surface area contributed by atoms with Crippen LogP contribution in [-0.4, -0.2) is 18.0 Å². The van der Waals surface area contributed by atoms with Crippen molar-refractivity contribution in [1.82, 2.24) is 15.6 Å². The van der Waals surface area contributed by atoms with E-state index in [1.165, 1.54) is 0 Å². The van der Waals surface area contributed by atoms with Gasteiger partial charge in [0.05, 0.1) is 11.6 Å². The van der Waals surface area contributed by atoms with Crippen LogP contribution in [0.2, 0.25) is 0 Å². The maximum atomic E-state index is 13.8. The molecule has 0 fully saturated rings. The molecule has 1 aromatic heterocycles. The zero-order valence-electron chi connectivity index (χ0n) is 15.3. The van der Waals surface area contributed by atoms with Crippen LogP contribution >= 0.6 is 0 Å². The summed E-state index contributed by atoms with van der Waals surface area (Å²) in [5.41, 5.74) is 3.60. The first-order chi connectivity index (χ1) is 12.6. The zero-order valence-corrected chi connectivity index (χ0v) is 15.3. The van der Waals surface area contributed by atoms with Crippen LogP contribution in [0.5, 0.6) is 0 Å². The zero-order chi connectivity index (χ0) is 18.5. The van der Waals surface area contributed by atoms with E-state index in [4.69, 9.17) is 0 Å². The summed E-state index contributed by atoms with van der Waals surface area (Å²) in [6.45, 7) is 4.34. The van der Waals surface area contributed by atoms with Crippen LogP contribution in [0.1, 0.15) is 29.7 Å². The molecule has 4 nitrogen and oxygen atoms in total. The average molecular weight is 350 g/mol. The third-order valence-electron chi connectivity index (χ3n) is 4.44. The van der Waals surface area contributed by atoms with E-state index in [1.54, 1.807) is 32.3 Å². The molecule has 1 atom stereocenters. The highest BCUT2D eigenvalue weighted by Crippen LogP contribution is 2.17. The normalized spacial score (nSPS) is 12.8. The van der Waals surface area contributed by atoms with Crippen molar-refractivity contribution in [2.24, 2.45) is 4.99 Å². The van der Waals surface area contributed by atoms with Crippen molar-refractivity contribution in [2.75, 3.05) is 7.05 Å². The van der Waals surface area contributed by atoms with Crippen LogP contribution in [0.15, 0.2) is 59.7 Å². The largest absolute Gasteiger partial charge is 0.352 e. The standard InChI is InChI=1S/C21H23FN4/c1-14-9-10-17(12-19(14)22)15(2)26-21(23-3)25-13-18-7-4-6-16-8-5-11-24-20(16)18/h4-12,15H,13H2,1-3H3,(H2,23,25,26). The van der Waals surface area contributed by atoms with Crippen LogP contribution < -0.4 is 10.6 Å². The van der Waals surface area contributed by atoms with Gasteiger partial charge >= 0.3 is 0 Å². The van der Waals surface area contributed by atoms with E-state index in [2.05, 4.69) is 20.6 Å². The van der Waals surface area contributed by atoms with Crippen molar-refractivity contribution in [3.05, 3.63) is 77.2 Å². The summed E-state index contributed by atoms with van der Waals surface area (Å²) in [5, 5.41) is 7.72. The first-order valence-electron chi connectivity index (χ1n) is 8.64. The molecule has 0 radical (unpaired) electrons. The number of para-hydroxylation sites is 1. The maximum absolute atomic E-state index is 13.8. The molecule has 3 rings (SSSR count). The number of halogens is 1. The highest BCUT2D eigenvalue weighted by molar-refractivity contribution is 5.83. The van der Waals surface area contributed by atoms with Gasteiger partial charge in [-0.2, -0.15) is 0 Å². The smallest absolute Gasteiger partial charge is 0.191 e. The van der Waals surface area contributed by atoms with Crippen LogP contribution in [0.4, 0.5) is 4.39 Å². The van der Waals surface area contributed by atoms with Gasteiger partial charge in [-0.25, -0.2) is 4.39 Å². The Morgan fingerprint density at radius 1 is 1.19 bits per heavy atom. The summed E-state index contributed by atoms with van der Waals surface area (Å²) in [6.07, 6.45) is 1.80. The van der Waals surface area contributed by atoms with E-state index >= 15 is 0 Å². The van der Waals surface area contributed by atoms with E-state index in [0.29, 0.717) is 18.1 Å². The number of aliphatic imine (C=N–C) groups is 1. The Labute approximate surface area is 153 Å². The number of guanidine groups is 1. The molecule has 0 aliphatic carbocycles. The summed E-state index contributed by atoms with van der Waals surface area (Å²) < 4.78 is 13.8. The van der Waals surface area contributed by atoms with Crippen LogP contribution in [0, 0.1) is 12.7 Å². The van der Waals surface area contributed by atoms with Gasteiger partial charge in [0, 0.05) is 25.2 Å². The number of benzene rings is 2. The second-order valence-electron chi connectivity index (χ2n) is 6.29.